The van der Waals surface area contributed by atoms with Crippen LogP contribution in [0.25, 0.3) is 11.3 Å². The highest BCUT2D eigenvalue weighted by atomic mass is 35.5. The largest absolute Gasteiger partial charge is 0.497 e. The van der Waals surface area contributed by atoms with E-state index in [1.807, 2.05) is 29.6 Å². The molecule has 28 heavy (non-hydrogen) atoms. The molecule has 146 valence electrons. The standard InChI is InChI=1S/C20H18Cl2N2O3S/c1-26-15-5-2-4-13(10-15)17-12-28-20(23-17)24-19(25)6-3-9-27-18-8-7-14(21)11-16(18)22/h2,4-5,7-8,10-12H,3,6,9H2,1H3,(H,23,24,25). The Morgan fingerprint density at radius 2 is 2.07 bits per heavy atom. The van der Waals surface area contributed by atoms with Gasteiger partial charge in [-0.15, -0.1) is 11.3 Å². The number of hydrogen-bond acceptors (Lipinski definition) is 5. The van der Waals surface area contributed by atoms with Crippen LogP contribution in [0.3, 0.4) is 0 Å². The Labute approximate surface area is 177 Å². The molecule has 0 atom stereocenters. The normalized spacial score (nSPS) is 10.5. The minimum Gasteiger partial charge on any atom is -0.497 e. The number of benzene rings is 2. The van der Waals surface area contributed by atoms with Crippen molar-refractivity contribution in [3.8, 4) is 22.8 Å². The number of aromatic nitrogens is 1. The highest BCUT2D eigenvalue weighted by Gasteiger charge is 2.09. The maximum Gasteiger partial charge on any atom is 0.226 e. The number of nitrogens with one attached hydrogen (secondary N) is 1. The fraction of sp³-hybridized carbons (Fsp3) is 0.200. The van der Waals surface area contributed by atoms with Crippen LogP contribution in [0, 0.1) is 0 Å². The maximum atomic E-state index is 12.1. The first-order valence-electron chi connectivity index (χ1n) is 8.53. The summed E-state index contributed by atoms with van der Waals surface area (Å²) in [4.78, 5) is 16.6. The Bertz CT molecular complexity index is 962. The van der Waals surface area contributed by atoms with Crippen molar-refractivity contribution < 1.29 is 14.3 Å². The monoisotopic (exact) mass is 436 g/mol. The highest BCUT2D eigenvalue weighted by Crippen LogP contribution is 2.28. The van der Waals surface area contributed by atoms with Crippen LogP contribution in [0.2, 0.25) is 10.0 Å². The summed E-state index contributed by atoms with van der Waals surface area (Å²) in [6, 6.07) is 12.7. The second-order valence-electron chi connectivity index (χ2n) is 5.84. The molecule has 1 heterocycles. The predicted octanol–water partition coefficient (Wildman–Crippen LogP) is 5.92. The SMILES string of the molecule is COc1cccc(-c2csc(NC(=O)CCCOc3ccc(Cl)cc3Cl)n2)c1. The van der Waals surface area contributed by atoms with Crippen molar-refractivity contribution >= 4 is 45.6 Å². The van der Waals surface area contributed by atoms with E-state index in [4.69, 9.17) is 32.7 Å². The lowest BCUT2D eigenvalue weighted by molar-refractivity contribution is -0.116. The topological polar surface area (TPSA) is 60.5 Å². The van der Waals surface area contributed by atoms with E-state index >= 15 is 0 Å². The van der Waals surface area contributed by atoms with Gasteiger partial charge in [-0.3, -0.25) is 4.79 Å². The third kappa shape index (κ3) is 5.61. The summed E-state index contributed by atoms with van der Waals surface area (Å²) in [5.41, 5.74) is 1.73. The molecule has 5 nitrogen and oxygen atoms in total. The molecule has 0 unspecified atom stereocenters. The third-order valence-corrected chi connectivity index (χ3v) is 5.10. The molecule has 0 radical (unpaired) electrons. The molecule has 0 fully saturated rings. The molecule has 3 aromatic rings. The van der Waals surface area contributed by atoms with Crippen molar-refractivity contribution in [2.45, 2.75) is 12.8 Å². The summed E-state index contributed by atoms with van der Waals surface area (Å²) in [6.45, 7) is 0.377. The maximum absolute atomic E-state index is 12.1. The van der Waals surface area contributed by atoms with Crippen LogP contribution in [0.5, 0.6) is 11.5 Å². The molecule has 8 heteroatoms. The van der Waals surface area contributed by atoms with E-state index in [9.17, 15) is 4.79 Å². The Balaban J connectivity index is 1.47. The zero-order chi connectivity index (χ0) is 19.9. The summed E-state index contributed by atoms with van der Waals surface area (Å²) in [5, 5.41) is 6.27. The van der Waals surface area contributed by atoms with E-state index in [1.165, 1.54) is 11.3 Å². The van der Waals surface area contributed by atoms with Crippen molar-refractivity contribution in [2.24, 2.45) is 0 Å². The number of carbonyl (C=O) groups excluding carboxylic acids is 1. The lowest BCUT2D eigenvalue weighted by Crippen LogP contribution is -2.12. The number of halogens is 2. The first kappa shape index (κ1) is 20.5. The number of methoxy groups -OCH3 is 1. The number of nitrogens with zero attached hydrogens (tertiary/aromatic N) is 1. The molecule has 1 amide bonds. The number of hydrogen-bond donors (Lipinski definition) is 1. The van der Waals surface area contributed by atoms with Crippen molar-refractivity contribution in [1.82, 2.24) is 4.98 Å². The van der Waals surface area contributed by atoms with E-state index in [0.717, 1.165) is 17.0 Å². The lowest BCUT2D eigenvalue weighted by Gasteiger charge is -2.08. The Kier molecular flexibility index (Phi) is 7.14. The van der Waals surface area contributed by atoms with Crippen molar-refractivity contribution in [2.75, 3.05) is 19.0 Å². The van der Waals surface area contributed by atoms with Gasteiger partial charge in [0.15, 0.2) is 5.13 Å². The molecular formula is C20H18Cl2N2O3S. The number of amides is 1. The van der Waals surface area contributed by atoms with Gasteiger partial charge in [-0.05, 0) is 36.8 Å². The number of anilines is 1. The Hall–Kier alpha value is -2.28. The molecular weight excluding hydrogens is 419 g/mol. The number of carbonyl (C=O) groups is 1. The van der Waals surface area contributed by atoms with Crippen molar-refractivity contribution in [3.63, 3.8) is 0 Å². The summed E-state index contributed by atoms with van der Waals surface area (Å²) < 4.78 is 10.8. The molecule has 3 rings (SSSR count). The number of ether oxygens (including phenoxy) is 2. The van der Waals surface area contributed by atoms with Gasteiger partial charge in [0.25, 0.3) is 0 Å². The van der Waals surface area contributed by atoms with Crippen LogP contribution in [0.1, 0.15) is 12.8 Å². The van der Waals surface area contributed by atoms with Gasteiger partial charge in [0.2, 0.25) is 5.91 Å². The summed E-state index contributed by atoms with van der Waals surface area (Å²) in [5.74, 6) is 1.20. The molecule has 0 spiro atoms. The smallest absolute Gasteiger partial charge is 0.226 e. The van der Waals surface area contributed by atoms with Crippen molar-refractivity contribution in [3.05, 3.63) is 57.9 Å². The first-order valence-corrected chi connectivity index (χ1v) is 10.2. The number of rotatable bonds is 8. The molecule has 0 saturated carbocycles. The van der Waals surface area contributed by atoms with Crippen LogP contribution in [0.4, 0.5) is 5.13 Å². The van der Waals surface area contributed by atoms with Gasteiger partial charge in [0.1, 0.15) is 11.5 Å². The second-order valence-corrected chi connectivity index (χ2v) is 7.55. The minimum absolute atomic E-state index is 0.114. The molecule has 0 bridgehead atoms. The fourth-order valence-corrected chi connectivity index (χ4v) is 3.63. The second kappa shape index (κ2) is 9.78. The van der Waals surface area contributed by atoms with Crippen LogP contribution < -0.4 is 14.8 Å². The van der Waals surface area contributed by atoms with Gasteiger partial charge < -0.3 is 14.8 Å². The van der Waals surface area contributed by atoms with Crippen LogP contribution in [0.15, 0.2) is 47.8 Å². The molecule has 1 aromatic heterocycles. The molecule has 0 aliphatic carbocycles. The lowest BCUT2D eigenvalue weighted by atomic mass is 10.2. The molecule has 0 aliphatic rings. The van der Waals surface area contributed by atoms with Crippen LogP contribution in [-0.4, -0.2) is 24.6 Å². The fourth-order valence-electron chi connectivity index (χ4n) is 2.44. The van der Waals surface area contributed by atoms with Gasteiger partial charge in [-0.25, -0.2) is 4.98 Å². The van der Waals surface area contributed by atoms with E-state index < -0.39 is 0 Å². The van der Waals surface area contributed by atoms with E-state index in [0.29, 0.717) is 40.4 Å². The van der Waals surface area contributed by atoms with Gasteiger partial charge in [0, 0.05) is 22.4 Å². The quantitative estimate of drug-likeness (QED) is 0.444. The molecule has 2 aromatic carbocycles. The predicted molar refractivity (Wildman–Crippen MR) is 114 cm³/mol. The molecule has 0 saturated heterocycles. The highest BCUT2D eigenvalue weighted by molar-refractivity contribution is 7.14. The first-order chi connectivity index (χ1) is 13.5. The average molecular weight is 437 g/mol. The molecule has 0 aliphatic heterocycles. The minimum atomic E-state index is -0.114. The van der Waals surface area contributed by atoms with E-state index in [1.54, 1.807) is 25.3 Å². The Morgan fingerprint density at radius 1 is 1.21 bits per heavy atom. The average Bonchev–Trinajstić information content (AvgIpc) is 3.15. The Morgan fingerprint density at radius 3 is 2.86 bits per heavy atom. The zero-order valence-corrected chi connectivity index (χ0v) is 17.4. The van der Waals surface area contributed by atoms with Gasteiger partial charge >= 0.3 is 0 Å². The summed E-state index contributed by atoms with van der Waals surface area (Å²) in [7, 11) is 1.62. The summed E-state index contributed by atoms with van der Waals surface area (Å²) in [6.07, 6.45) is 0.873. The third-order valence-electron chi connectivity index (χ3n) is 3.82. The van der Waals surface area contributed by atoms with Crippen LogP contribution >= 0.6 is 34.5 Å². The van der Waals surface area contributed by atoms with E-state index in [-0.39, 0.29) is 5.91 Å². The van der Waals surface area contributed by atoms with Gasteiger partial charge in [0.05, 0.1) is 24.4 Å². The number of thiazole rings is 1. The van der Waals surface area contributed by atoms with Gasteiger partial charge in [-0.2, -0.15) is 0 Å². The van der Waals surface area contributed by atoms with Crippen molar-refractivity contribution in [1.29, 1.82) is 0 Å². The summed E-state index contributed by atoms with van der Waals surface area (Å²) >= 11 is 13.3. The van der Waals surface area contributed by atoms with Crippen LogP contribution in [-0.2, 0) is 4.79 Å². The van der Waals surface area contributed by atoms with Gasteiger partial charge in [-0.1, -0.05) is 35.3 Å². The zero-order valence-electron chi connectivity index (χ0n) is 15.1. The molecule has 1 N–H and O–H groups in total. The van der Waals surface area contributed by atoms with E-state index in [2.05, 4.69) is 10.3 Å².